The number of urea groups is 1. The minimum absolute atomic E-state index is 0.106. The van der Waals surface area contributed by atoms with Crippen molar-refractivity contribution in [3.05, 3.63) is 65.7 Å². The van der Waals surface area contributed by atoms with E-state index in [-0.39, 0.29) is 10.5 Å². The lowest BCUT2D eigenvalue weighted by molar-refractivity contribution is -0.133. The average Bonchev–Trinajstić information content (AvgIpc) is 3.03. The van der Waals surface area contributed by atoms with Gasteiger partial charge in [0.25, 0.3) is 11.8 Å². The highest BCUT2D eigenvalue weighted by molar-refractivity contribution is 7.89. The number of carbonyl (C=O) groups is 3. The highest BCUT2D eigenvalue weighted by atomic mass is 32.2. The van der Waals surface area contributed by atoms with Gasteiger partial charge in [0.1, 0.15) is 5.54 Å². The Labute approximate surface area is 199 Å². The number of hydrazine groups is 1. The first-order chi connectivity index (χ1) is 16.3. The molecule has 0 bridgehead atoms. The number of amides is 4. The summed E-state index contributed by atoms with van der Waals surface area (Å²) in [5, 5.41) is 3.38. The fraction of sp³-hybridized carbons (Fsp3) is 0.375. The van der Waals surface area contributed by atoms with Crippen molar-refractivity contribution in [2.45, 2.75) is 49.5 Å². The van der Waals surface area contributed by atoms with Crippen LogP contribution in [-0.4, -0.2) is 48.7 Å². The third-order valence-electron chi connectivity index (χ3n) is 6.42. The molecule has 9 nitrogen and oxygen atoms in total. The highest BCUT2D eigenvalue weighted by Crippen LogP contribution is 2.31. The van der Waals surface area contributed by atoms with Crippen LogP contribution in [0.3, 0.4) is 0 Å². The van der Waals surface area contributed by atoms with Gasteiger partial charge in [0, 0.05) is 18.7 Å². The summed E-state index contributed by atoms with van der Waals surface area (Å²) in [6.45, 7) is 2.74. The Kier molecular flexibility index (Phi) is 6.72. The molecule has 0 radical (unpaired) electrons. The van der Waals surface area contributed by atoms with E-state index in [2.05, 4.69) is 10.7 Å². The van der Waals surface area contributed by atoms with E-state index in [1.54, 1.807) is 31.2 Å². The van der Waals surface area contributed by atoms with Crippen LogP contribution in [0, 0.1) is 0 Å². The lowest BCUT2D eigenvalue weighted by atomic mass is 9.87. The molecule has 1 unspecified atom stereocenters. The Balaban J connectivity index is 1.50. The number of hydrogen-bond donors (Lipinski definition) is 2. The molecule has 180 valence electrons. The number of hydrogen-bond acceptors (Lipinski definition) is 5. The van der Waals surface area contributed by atoms with Gasteiger partial charge in [-0.25, -0.2) is 13.2 Å². The number of nitrogens with one attached hydrogen (secondary N) is 2. The Morgan fingerprint density at radius 3 is 2.18 bits per heavy atom. The van der Waals surface area contributed by atoms with Gasteiger partial charge in [-0.3, -0.25) is 15.0 Å². The maximum atomic E-state index is 13.2. The normalized spacial score (nSPS) is 21.7. The average molecular weight is 485 g/mol. The van der Waals surface area contributed by atoms with Crippen molar-refractivity contribution in [1.29, 1.82) is 0 Å². The summed E-state index contributed by atoms with van der Waals surface area (Å²) in [6, 6.07) is 13.6. The third-order valence-corrected chi connectivity index (χ3v) is 8.33. The zero-order valence-corrected chi connectivity index (χ0v) is 19.8. The Hall–Kier alpha value is -3.24. The lowest BCUT2D eigenvalue weighted by Gasteiger charge is -2.25. The number of benzene rings is 2. The van der Waals surface area contributed by atoms with Gasteiger partial charge >= 0.3 is 6.03 Å². The molecule has 0 spiro atoms. The molecule has 2 aromatic carbocycles. The van der Waals surface area contributed by atoms with Crippen LogP contribution in [0.2, 0.25) is 0 Å². The molecule has 2 heterocycles. The van der Waals surface area contributed by atoms with Crippen molar-refractivity contribution in [3.8, 4) is 0 Å². The SMILES string of the molecule is CCC1(c2ccccc2)NC(=O)N(NC(=O)c2ccc(S(=O)(=O)N3CCCCCC3)cc2)C1=O. The van der Waals surface area contributed by atoms with Crippen molar-refractivity contribution in [3.63, 3.8) is 0 Å². The summed E-state index contributed by atoms with van der Waals surface area (Å²) in [4.78, 5) is 38.6. The predicted molar refractivity (Wildman–Crippen MR) is 125 cm³/mol. The summed E-state index contributed by atoms with van der Waals surface area (Å²) in [5.41, 5.74) is 1.84. The quantitative estimate of drug-likeness (QED) is 0.612. The molecule has 10 heteroatoms. The molecule has 2 aliphatic rings. The predicted octanol–water partition coefficient (Wildman–Crippen LogP) is 2.75. The summed E-state index contributed by atoms with van der Waals surface area (Å²) >= 11 is 0. The fourth-order valence-corrected chi connectivity index (χ4v) is 5.93. The van der Waals surface area contributed by atoms with Crippen molar-refractivity contribution in [2.75, 3.05) is 13.1 Å². The second kappa shape index (κ2) is 9.55. The van der Waals surface area contributed by atoms with E-state index >= 15 is 0 Å². The zero-order chi connectivity index (χ0) is 24.3. The van der Waals surface area contributed by atoms with Crippen LogP contribution in [0.1, 0.15) is 54.9 Å². The number of imide groups is 1. The maximum absolute atomic E-state index is 13.2. The molecule has 4 amide bonds. The lowest BCUT2D eigenvalue weighted by Crippen LogP contribution is -2.48. The van der Waals surface area contributed by atoms with Gasteiger partial charge in [-0.05, 0) is 49.1 Å². The largest absolute Gasteiger partial charge is 0.344 e. The summed E-state index contributed by atoms with van der Waals surface area (Å²) in [7, 11) is -3.64. The standard InChI is InChI=1S/C24H28N4O5S/c1-2-24(19-10-6-5-7-11-19)22(30)28(23(31)25-24)26-21(29)18-12-14-20(15-13-18)34(32,33)27-16-8-3-4-9-17-27/h5-7,10-15H,2-4,8-9,16-17H2,1H3,(H,25,31)(H,26,29). The van der Waals surface area contributed by atoms with Crippen LogP contribution in [0.25, 0.3) is 0 Å². The molecule has 2 saturated heterocycles. The van der Waals surface area contributed by atoms with Gasteiger partial charge < -0.3 is 5.32 Å². The van der Waals surface area contributed by atoms with Gasteiger partial charge in [-0.15, -0.1) is 0 Å². The summed E-state index contributed by atoms with van der Waals surface area (Å²) in [6.07, 6.45) is 3.98. The number of carbonyl (C=O) groups excluding carboxylic acids is 3. The third kappa shape index (κ3) is 4.30. The van der Waals surface area contributed by atoms with E-state index in [1.807, 2.05) is 6.07 Å². The van der Waals surface area contributed by atoms with E-state index in [0.717, 1.165) is 25.7 Å². The van der Waals surface area contributed by atoms with Crippen LogP contribution in [-0.2, 0) is 20.4 Å². The molecule has 2 fully saturated rings. The maximum Gasteiger partial charge on any atom is 0.344 e. The minimum atomic E-state index is -3.64. The van der Waals surface area contributed by atoms with Crippen molar-refractivity contribution in [1.82, 2.24) is 20.1 Å². The van der Waals surface area contributed by atoms with Gasteiger partial charge in [0.15, 0.2) is 0 Å². The van der Waals surface area contributed by atoms with Crippen LogP contribution in [0.15, 0.2) is 59.5 Å². The van der Waals surface area contributed by atoms with Gasteiger partial charge in [0.2, 0.25) is 10.0 Å². The second-order valence-corrected chi connectivity index (χ2v) is 10.4. The molecule has 2 aromatic rings. The smallest absolute Gasteiger partial charge is 0.318 e. The molecule has 2 N–H and O–H groups in total. The van der Waals surface area contributed by atoms with E-state index in [0.29, 0.717) is 30.1 Å². The highest BCUT2D eigenvalue weighted by Gasteiger charge is 2.52. The second-order valence-electron chi connectivity index (χ2n) is 8.48. The molecule has 2 aliphatic heterocycles. The number of nitrogens with zero attached hydrogens (tertiary/aromatic N) is 2. The molecule has 0 saturated carbocycles. The topological polar surface area (TPSA) is 116 Å². The minimum Gasteiger partial charge on any atom is -0.318 e. The van der Waals surface area contributed by atoms with Crippen LogP contribution >= 0.6 is 0 Å². The fourth-order valence-electron chi connectivity index (χ4n) is 4.41. The van der Waals surface area contributed by atoms with Crippen LogP contribution in [0.5, 0.6) is 0 Å². The van der Waals surface area contributed by atoms with E-state index in [4.69, 9.17) is 0 Å². The molecule has 34 heavy (non-hydrogen) atoms. The molecule has 1 atom stereocenters. The Bertz CT molecular complexity index is 1180. The zero-order valence-electron chi connectivity index (χ0n) is 19.0. The molecular formula is C24H28N4O5S. The first kappa shape index (κ1) is 23.9. The van der Waals surface area contributed by atoms with Crippen molar-refractivity contribution in [2.24, 2.45) is 0 Å². The molecular weight excluding hydrogens is 456 g/mol. The summed E-state index contributed by atoms with van der Waals surface area (Å²) < 4.78 is 27.4. The monoisotopic (exact) mass is 484 g/mol. The van der Waals surface area contributed by atoms with Gasteiger partial charge in [-0.2, -0.15) is 9.31 Å². The van der Waals surface area contributed by atoms with Gasteiger partial charge in [0.05, 0.1) is 4.90 Å². The van der Waals surface area contributed by atoms with Crippen LogP contribution < -0.4 is 10.7 Å². The van der Waals surface area contributed by atoms with Crippen molar-refractivity contribution < 1.29 is 22.8 Å². The number of rotatable bonds is 6. The Morgan fingerprint density at radius 1 is 0.971 bits per heavy atom. The van der Waals surface area contributed by atoms with Crippen molar-refractivity contribution >= 4 is 27.9 Å². The van der Waals surface area contributed by atoms with E-state index < -0.39 is 33.4 Å². The molecule has 4 rings (SSSR count). The summed E-state index contributed by atoms with van der Waals surface area (Å²) in [5.74, 6) is -1.28. The van der Waals surface area contributed by atoms with Gasteiger partial charge in [-0.1, -0.05) is 50.1 Å². The first-order valence-electron chi connectivity index (χ1n) is 11.4. The van der Waals surface area contributed by atoms with E-state index in [1.165, 1.54) is 28.6 Å². The number of sulfonamides is 1. The van der Waals surface area contributed by atoms with E-state index in [9.17, 15) is 22.8 Å². The Morgan fingerprint density at radius 2 is 1.59 bits per heavy atom. The van der Waals surface area contributed by atoms with Crippen LogP contribution in [0.4, 0.5) is 4.79 Å². The molecule has 0 aromatic heterocycles. The molecule has 0 aliphatic carbocycles. The first-order valence-corrected chi connectivity index (χ1v) is 12.9.